The number of rotatable bonds is 6. The highest BCUT2D eigenvalue weighted by Gasteiger charge is 2.07. The second kappa shape index (κ2) is 6.20. The molecule has 0 radical (unpaired) electrons. The highest BCUT2D eigenvalue weighted by atomic mass is 32.1. The first kappa shape index (κ1) is 11.7. The first-order valence-corrected chi connectivity index (χ1v) is 6.41. The van der Waals surface area contributed by atoms with Gasteiger partial charge in [-0.25, -0.2) is 0 Å². The van der Waals surface area contributed by atoms with Crippen molar-refractivity contribution in [2.75, 3.05) is 6.54 Å². The third-order valence-electron chi connectivity index (χ3n) is 2.53. The Balaban J connectivity index is 2.28. The molecule has 1 aromatic heterocycles. The summed E-state index contributed by atoms with van der Waals surface area (Å²) in [6.07, 6.45) is 3.93. The van der Waals surface area contributed by atoms with Crippen LogP contribution >= 0.6 is 11.3 Å². The van der Waals surface area contributed by atoms with Crippen LogP contribution in [0.2, 0.25) is 0 Å². The SMILES string of the molecule is CCCCCN[C@@H](C)c1sccc1C. The van der Waals surface area contributed by atoms with E-state index in [1.54, 1.807) is 0 Å². The molecule has 0 spiro atoms. The van der Waals surface area contributed by atoms with Gasteiger partial charge in [-0.2, -0.15) is 0 Å². The number of nitrogens with one attached hydrogen (secondary N) is 1. The van der Waals surface area contributed by atoms with Gasteiger partial charge in [0.1, 0.15) is 0 Å². The van der Waals surface area contributed by atoms with Crippen LogP contribution in [0.25, 0.3) is 0 Å². The zero-order chi connectivity index (χ0) is 10.4. The van der Waals surface area contributed by atoms with Crippen LogP contribution in [0.3, 0.4) is 0 Å². The highest BCUT2D eigenvalue weighted by molar-refractivity contribution is 7.10. The zero-order valence-corrected chi connectivity index (χ0v) is 10.3. The lowest BCUT2D eigenvalue weighted by atomic mass is 10.2. The minimum atomic E-state index is 0.520. The van der Waals surface area contributed by atoms with Crippen molar-refractivity contribution >= 4 is 11.3 Å². The summed E-state index contributed by atoms with van der Waals surface area (Å²) in [4.78, 5) is 1.49. The molecule has 80 valence electrons. The Morgan fingerprint density at radius 2 is 2.21 bits per heavy atom. The van der Waals surface area contributed by atoms with Crippen molar-refractivity contribution in [1.29, 1.82) is 0 Å². The van der Waals surface area contributed by atoms with Gasteiger partial charge in [0.15, 0.2) is 0 Å². The molecule has 0 aliphatic rings. The first-order chi connectivity index (χ1) is 6.75. The van der Waals surface area contributed by atoms with E-state index in [2.05, 4.69) is 37.5 Å². The van der Waals surface area contributed by atoms with Gasteiger partial charge in [-0.05, 0) is 43.8 Å². The van der Waals surface area contributed by atoms with Crippen LogP contribution in [0, 0.1) is 6.92 Å². The smallest absolute Gasteiger partial charge is 0.0388 e. The summed E-state index contributed by atoms with van der Waals surface area (Å²) in [5, 5.41) is 5.75. The van der Waals surface area contributed by atoms with Crippen molar-refractivity contribution < 1.29 is 0 Å². The molecule has 0 unspecified atom stereocenters. The van der Waals surface area contributed by atoms with Crippen LogP contribution in [0.15, 0.2) is 11.4 Å². The fourth-order valence-electron chi connectivity index (χ4n) is 1.61. The monoisotopic (exact) mass is 211 g/mol. The molecule has 1 atom stereocenters. The van der Waals surface area contributed by atoms with Gasteiger partial charge in [-0.1, -0.05) is 19.8 Å². The number of aryl methyl sites for hydroxylation is 1. The van der Waals surface area contributed by atoms with E-state index in [-0.39, 0.29) is 0 Å². The highest BCUT2D eigenvalue weighted by Crippen LogP contribution is 2.23. The number of hydrogen-bond acceptors (Lipinski definition) is 2. The molecular weight excluding hydrogens is 190 g/mol. The van der Waals surface area contributed by atoms with Crippen molar-refractivity contribution in [2.24, 2.45) is 0 Å². The van der Waals surface area contributed by atoms with Gasteiger partial charge >= 0.3 is 0 Å². The lowest BCUT2D eigenvalue weighted by molar-refractivity contribution is 0.548. The van der Waals surface area contributed by atoms with E-state index in [1.165, 1.54) is 29.7 Å². The standard InChI is InChI=1S/C12H21NS/c1-4-5-6-8-13-11(3)12-10(2)7-9-14-12/h7,9,11,13H,4-6,8H2,1-3H3/t11-/m0/s1. The molecule has 0 fully saturated rings. The zero-order valence-electron chi connectivity index (χ0n) is 9.47. The van der Waals surface area contributed by atoms with Crippen LogP contribution in [-0.2, 0) is 0 Å². The second-order valence-corrected chi connectivity index (χ2v) is 4.80. The Bertz CT molecular complexity index is 255. The van der Waals surface area contributed by atoms with E-state index in [9.17, 15) is 0 Å². The Hall–Kier alpha value is -0.340. The molecule has 0 aliphatic carbocycles. The molecule has 1 nitrogen and oxygen atoms in total. The van der Waals surface area contributed by atoms with Gasteiger partial charge in [-0.3, -0.25) is 0 Å². The predicted molar refractivity (Wildman–Crippen MR) is 65.0 cm³/mol. The molecule has 1 N–H and O–H groups in total. The molecule has 14 heavy (non-hydrogen) atoms. The van der Waals surface area contributed by atoms with Gasteiger partial charge in [0.2, 0.25) is 0 Å². The second-order valence-electron chi connectivity index (χ2n) is 3.85. The Labute approximate surface area is 91.5 Å². The van der Waals surface area contributed by atoms with Crippen LogP contribution in [0.5, 0.6) is 0 Å². The van der Waals surface area contributed by atoms with Crippen LogP contribution < -0.4 is 5.32 Å². The average molecular weight is 211 g/mol. The summed E-state index contributed by atoms with van der Waals surface area (Å²) in [7, 11) is 0. The molecule has 1 rings (SSSR count). The van der Waals surface area contributed by atoms with Crippen molar-refractivity contribution in [3.63, 3.8) is 0 Å². The van der Waals surface area contributed by atoms with E-state index in [0.717, 1.165) is 6.54 Å². The van der Waals surface area contributed by atoms with E-state index >= 15 is 0 Å². The summed E-state index contributed by atoms with van der Waals surface area (Å²) >= 11 is 1.86. The Morgan fingerprint density at radius 1 is 1.43 bits per heavy atom. The number of hydrogen-bond donors (Lipinski definition) is 1. The largest absolute Gasteiger partial charge is 0.309 e. The molecule has 0 saturated heterocycles. The van der Waals surface area contributed by atoms with Crippen LogP contribution in [-0.4, -0.2) is 6.54 Å². The van der Waals surface area contributed by atoms with E-state index in [1.807, 2.05) is 11.3 Å². The summed E-state index contributed by atoms with van der Waals surface area (Å²) in [6.45, 7) is 7.83. The molecule has 1 aromatic rings. The maximum atomic E-state index is 3.57. The number of thiophene rings is 1. The molecule has 2 heteroatoms. The van der Waals surface area contributed by atoms with E-state index in [4.69, 9.17) is 0 Å². The van der Waals surface area contributed by atoms with Crippen LogP contribution in [0.4, 0.5) is 0 Å². The lowest BCUT2D eigenvalue weighted by Crippen LogP contribution is -2.19. The lowest BCUT2D eigenvalue weighted by Gasteiger charge is -2.12. The maximum absolute atomic E-state index is 3.57. The van der Waals surface area contributed by atoms with Gasteiger partial charge in [0.05, 0.1) is 0 Å². The van der Waals surface area contributed by atoms with Crippen molar-refractivity contribution in [1.82, 2.24) is 5.32 Å². The molecular formula is C12H21NS. The summed E-state index contributed by atoms with van der Waals surface area (Å²) in [5.74, 6) is 0. The average Bonchev–Trinajstić information content (AvgIpc) is 2.59. The molecule has 0 bridgehead atoms. The topological polar surface area (TPSA) is 12.0 Å². The molecule has 1 heterocycles. The predicted octanol–water partition coefficient (Wildman–Crippen LogP) is 3.90. The minimum Gasteiger partial charge on any atom is -0.309 e. The van der Waals surface area contributed by atoms with Gasteiger partial charge in [0, 0.05) is 10.9 Å². The van der Waals surface area contributed by atoms with Crippen molar-refractivity contribution in [3.05, 3.63) is 21.9 Å². The molecule has 0 aromatic carbocycles. The fourth-order valence-corrected chi connectivity index (χ4v) is 2.57. The molecule has 0 aliphatic heterocycles. The fraction of sp³-hybridized carbons (Fsp3) is 0.667. The quantitative estimate of drug-likeness (QED) is 0.704. The van der Waals surface area contributed by atoms with Gasteiger partial charge in [0.25, 0.3) is 0 Å². The minimum absolute atomic E-state index is 0.520. The normalized spacial score (nSPS) is 13.1. The molecule has 0 saturated carbocycles. The summed E-state index contributed by atoms with van der Waals surface area (Å²) in [6, 6.07) is 2.72. The van der Waals surface area contributed by atoms with E-state index in [0.29, 0.717) is 6.04 Å². The van der Waals surface area contributed by atoms with Gasteiger partial charge in [-0.15, -0.1) is 11.3 Å². The summed E-state index contributed by atoms with van der Waals surface area (Å²) in [5.41, 5.74) is 1.42. The van der Waals surface area contributed by atoms with Gasteiger partial charge < -0.3 is 5.32 Å². The Kier molecular flexibility index (Phi) is 5.20. The maximum Gasteiger partial charge on any atom is 0.0388 e. The number of unbranched alkanes of at least 4 members (excludes halogenated alkanes) is 2. The third-order valence-corrected chi connectivity index (χ3v) is 3.73. The summed E-state index contributed by atoms with van der Waals surface area (Å²) < 4.78 is 0. The Morgan fingerprint density at radius 3 is 2.79 bits per heavy atom. The molecule has 0 amide bonds. The van der Waals surface area contributed by atoms with Crippen molar-refractivity contribution in [2.45, 2.75) is 46.1 Å². The van der Waals surface area contributed by atoms with Crippen molar-refractivity contribution in [3.8, 4) is 0 Å². The van der Waals surface area contributed by atoms with E-state index < -0.39 is 0 Å². The third kappa shape index (κ3) is 3.43. The van der Waals surface area contributed by atoms with Crippen LogP contribution in [0.1, 0.15) is 49.6 Å². The first-order valence-electron chi connectivity index (χ1n) is 5.53.